The summed E-state index contributed by atoms with van der Waals surface area (Å²) in [4.78, 5) is 0. The van der Waals surface area contributed by atoms with Gasteiger partial charge in [-0.05, 0) is 12.2 Å². The Morgan fingerprint density at radius 1 is 1.30 bits per heavy atom. The maximum absolute atomic E-state index is 3.62. The van der Waals surface area contributed by atoms with Crippen LogP contribution in [0.1, 0.15) is 0 Å². The Labute approximate surface area is 62.5 Å². The van der Waals surface area contributed by atoms with Crippen LogP contribution in [0.25, 0.3) is 0 Å². The van der Waals surface area contributed by atoms with E-state index in [0.29, 0.717) is 0 Å². The largest absolute Gasteiger partial charge is 0.382 e. The minimum atomic E-state index is 0.756. The smallest absolute Gasteiger partial charge is 0.0336 e. The van der Waals surface area contributed by atoms with E-state index in [1.807, 2.05) is 6.08 Å². The highest BCUT2D eigenvalue weighted by molar-refractivity contribution is 5.19. The van der Waals surface area contributed by atoms with Crippen LogP contribution in [0.2, 0.25) is 0 Å². The minimum Gasteiger partial charge on any atom is -0.382 e. The molecular formula is C9H13N. The lowest BCUT2D eigenvalue weighted by Crippen LogP contribution is -2.10. The Morgan fingerprint density at radius 2 is 2.00 bits per heavy atom. The van der Waals surface area contributed by atoms with Crippen LogP contribution < -0.4 is 5.32 Å². The minimum absolute atomic E-state index is 0.756. The summed E-state index contributed by atoms with van der Waals surface area (Å²) < 4.78 is 0. The third kappa shape index (κ3) is 3.72. The molecule has 0 aromatic rings. The van der Waals surface area contributed by atoms with E-state index in [1.165, 1.54) is 0 Å². The summed E-state index contributed by atoms with van der Waals surface area (Å²) in [5.74, 6) is 0. The monoisotopic (exact) mass is 135 g/mol. The van der Waals surface area contributed by atoms with Gasteiger partial charge in [0.15, 0.2) is 0 Å². The lowest BCUT2D eigenvalue weighted by molar-refractivity contribution is 0.938. The maximum Gasteiger partial charge on any atom is 0.0336 e. The van der Waals surface area contributed by atoms with Crippen molar-refractivity contribution in [2.24, 2.45) is 0 Å². The fraction of sp³-hybridized carbons (Fsp3) is 0.111. The van der Waals surface area contributed by atoms with Gasteiger partial charge in [0.2, 0.25) is 0 Å². The molecule has 0 fully saturated rings. The van der Waals surface area contributed by atoms with E-state index in [1.54, 1.807) is 18.2 Å². The van der Waals surface area contributed by atoms with Crippen LogP contribution in [0.5, 0.6) is 0 Å². The molecule has 1 nitrogen and oxygen atoms in total. The van der Waals surface area contributed by atoms with Gasteiger partial charge >= 0.3 is 0 Å². The Morgan fingerprint density at radius 3 is 2.40 bits per heavy atom. The zero-order chi connectivity index (χ0) is 7.82. The van der Waals surface area contributed by atoms with Crippen molar-refractivity contribution in [1.82, 2.24) is 5.32 Å². The molecule has 1 N–H and O–H groups in total. The molecule has 0 saturated heterocycles. The van der Waals surface area contributed by atoms with Crippen LogP contribution in [0.3, 0.4) is 0 Å². The van der Waals surface area contributed by atoms with Gasteiger partial charge < -0.3 is 5.32 Å². The first-order chi connectivity index (χ1) is 4.85. The van der Waals surface area contributed by atoms with Crippen LogP contribution in [0.15, 0.2) is 49.7 Å². The molecule has 0 aromatic carbocycles. The highest BCUT2D eigenvalue weighted by Crippen LogP contribution is 1.88. The predicted molar refractivity (Wildman–Crippen MR) is 46.7 cm³/mol. The standard InChI is InChI=1S/C9H13N/c1-4-7-9(6-3)10-8-5-2/h4-7,10H,1-3,8H2/b9-7+. The summed E-state index contributed by atoms with van der Waals surface area (Å²) in [7, 11) is 0. The Bertz CT molecular complexity index is 154. The van der Waals surface area contributed by atoms with Gasteiger partial charge in [-0.25, -0.2) is 0 Å². The van der Waals surface area contributed by atoms with Crippen LogP contribution in [-0.4, -0.2) is 6.54 Å². The summed E-state index contributed by atoms with van der Waals surface area (Å²) in [5, 5.41) is 3.07. The van der Waals surface area contributed by atoms with Gasteiger partial charge in [0, 0.05) is 12.2 Å². The summed E-state index contributed by atoms with van der Waals surface area (Å²) >= 11 is 0. The molecule has 0 heterocycles. The molecule has 1 heteroatoms. The number of nitrogens with one attached hydrogen (secondary N) is 1. The molecule has 10 heavy (non-hydrogen) atoms. The van der Waals surface area contributed by atoms with Gasteiger partial charge in [0.25, 0.3) is 0 Å². The van der Waals surface area contributed by atoms with E-state index >= 15 is 0 Å². The van der Waals surface area contributed by atoms with Crippen molar-refractivity contribution in [1.29, 1.82) is 0 Å². The lowest BCUT2D eigenvalue weighted by atomic mass is 10.4. The Balaban J connectivity index is 3.81. The van der Waals surface area contributed by atoms with Gasteiger partial charge in [-0.3, -0.25) is 0 Å². The van der Waals surface area contributed by atoms with Crippen LogP contribution in [-0.2, 0) is 0 Å². The summed E-state index contributed by atoms with van der Waals surface area (Å²) in [6.07, 6.45) is 7.11. The summed E-state index contributed by atoms with van der Waals surface area (Å²) in [6, 6.07) is 0. The van der Waals surface area contributed by atoms with E-state index in [2.05, 4.69) is 25.1 Å². The van der Waals surface area contributed by atoms with Crippen molar-refractivity contribution in [3.05, 3.63) is 49.7 Å². The van der Waals surface area contributed by atoms with Crippen molar-refractivity contribution in [2.45, 2.75) is 0 Å². The van der Waals surface area contributed by atoms with Crippen LogP contribution in [0.4, 0.5) is 0 Å². The molecule has 0 aliphatic carbocycles. The fourth-order valence-electron chi connectivity index (χ4n) is 0.516. The third-order valence-electron chi connectivity index (χ3n) is 0.968. The first kappa shape index (κ1) is 8.76. The molecule has 0 rings (SSSR count). The Hall–Kier alpha value is -1.24. The third-order valence-corrected chi connectivity index (χ3v) is 0.968. The van der Waals surface area contributed by atoms with E-state index in [-0.39, 0.29) is 0 Å². The molecule has 0 amide bonds. The van der Waals surface area contributed by atoms with Gasteiger partial charge in [-0.15, -0.1) is 6.58 Å². The van der Waals surface area contributed by atoms with E-state index in [0.717, 1.165) is 12.2 Å². The molecular weight excluding hydrogens is 122 g/mol. The highest BCUT2D eigenvalue weighted by Gasteiger charge is 1.82. The van der Waals surface area contributed by atoms with Crippen molar-refractivity contribution in [3.8, 4) is 0 Å². The Kier molecular flexibility index (Phi) is 5.16. The normalized spacial score (nSPS) is 10.2. The maximum atomic E-state index is 3.62. The van der Waals surface area contributed by atoms with E-state index in [4.69, 9.17) is 0 Å². The van der Waals surface area contributed by atoms with Crippen LogP contribution >= 0.6 is 0 Å². The average Bonchev–Trinajstić information content (AvgIpc) is 1.98. The van der Waals surface area contributed by atoms with E-state index < -0.39 is 0 Å². The SMILES string of the molecule is C=C/C=C(\C=C)NCC=C. The quantitative estimate of drug-likeness (QED) is 0.449. The highest BCUT2D eigenvalue weighted by atomic mass is 14.9. The fourth-order valence-corrected chi connectivity index (χ4v) is 0.516. The zero-order valence-electron chi connectivity index (χ0n) is 6.14. The van der Waals surface area contributed by atoms with Crippen LogP contribution in [0, 0.1) is 0 Å². The average molecular weight is 135 g/mol. The lowest BCUT2D eigenvalue weighted by Gasteiger charge is -2.00. The van der Waals surface area contributed by atoms with E-state index in [9.17, 15) is 0 Å². The molecule has 0 atom stereocenters. The second-order valence-corrected chi connectivity index (χ2v) is 1.73. The molecule has 0 saturated carbocycles. The topological polar surface area (TPSA) is 12.0 Å². The summed E-state index contributed by atoms with van der Waals surface area (Å²) in [6.45, 7) is 11.5. The summed E-state index contributed by atoms with van der Waals surface area (Å²) in [5.41, 5.74) is 0.968. The molecule has 54 valence electrons. The first-order valence-corrected chi connectivity index (χ1v) is 3.15. The van der Waals surface area contributed by atoms with Gasteiger partial charge in [-0.1, -0.05) is 25.3 Å². The molecule has 0 bridgehead atoms. The van der Waals surface area contributed by atoms with Crippen molar-refractivity contribution >= 4 is 0 Å². The van der Waals surface area contributed by atoms with Gasteiger partial charge in [-0.2, -0.15) is 0 Å². The number of hydrogen-bond acceptors (Lipinski definition) is 1. The molecule has 0 aliphatic rings. The van der Waals surface area contributed by atoms with Gasteiger partial charge in [0.1, 0.15) is 0 Å². The van der Waals surface area contributed by atoms with Crippen molar-refractivity contribution < 1.29 is 0 Å². The van der Waals surface area contributed by atoms with Crippen molar-refractivity contribution in [3.63, 3.8) is 0 Å². The van der Waals surface area contributed by atoms with Gasteiger partial charge in [0.05, 0.1) is 0 Å². The molecule has 0 aromatic heterocycles. The molecule has 0 spiro atoms. The second kappa shape index (κ2) is 5.89. The number of rotatable bonds is 5. The second-order valence-electron chi connectivity index (χ2n) is 1.73. The molecule has 0 unspecified atom stereocenters. The molecule has 0 radical (unpaired) electrons. The predicted octanol–water partition coefficient (Wildman–Crippen LogP) is 2.02. The van der Waals surface area contributed by atoms with Crippen molar-refractivity contribution in [2.75, 3.05) is 6.54 Å². The number of allylic oxidation sites excluding steroid dienone is 3. The first-order valence-electron chi connectivity index (χ1n) is 3.15. The number of hydrogen-bond donors (Lipinski definition) is 1. The molecule has 0 aliphatic heterocycles. The zero-order valence-corrected chi connectivity index (χ0v) is 6.14.